The van der Waals surface area contributed by atoms with Crippen molar-refractivity contribution in [1.29, 1.82) is 0 Å². The van der Waals surface area contributed by atoms with Crippen molar-refractivity contribution in [2.24, 2.45) is 5.73 Å². The molecule has 0 saturated carbocycles. The standard InChI is InChI=1S/C8H14N4O3S2/c1-3-6(8(9)16)17(13,14)10-4-7-11-5(2)12-15-7/h6,10H,3-4H2,1-2H3,(H2,9,16). The molecule has 17 heavy (non-hydrogen) atoms. The third-order valence-electron chi connectivity index (χ3n) is 2.06. The Morgan fingerprint density at radius 1 is 1.65 bits per heavy atom. The van der Waals surface area contributed by atoms with Gasteiger partial charge in [-0.3, -0.25) is 0 Å². The molecule has 1 aromatic heterocycles. The van der Waals surface area contributed by atoms with Gasteiger partial charge in [0.25, 0.3) is 0 Å². The van der Waals surface area contributed by atoms with E-state index >= 15 is 0 Å². The number of hydrogen-bond donors (Lipinski definition) is 2. The van der Waals surface area contributed by atoms with Gasteiger partial charge in [-0.2, -0.15) is 4.98 Å². The molecule has 0 fully saturated rings. The van der Waals surface area contributed by atoms with Gasteiger partial charge in [0.2, 0.25) is 15.9 Å². The van der Waals surface area contributed by atoms with E-state index in [1.807, 2.05) is 0 Å². The molecule has 1 unspecified atom stereocenters. The molecule has 0 aliphatic carbocycles. The monoisotopic (exact) mass is 278 g/mol. The van der Waals surface area contributed by atoms with Crippen molar-refractivity contribution in [1.82, 2.24) is 14.9 Å². The van der Waals surface area contributed by atoms with Crippen LogP contribution in [0.5, 0.6) is 0 Å². The molecule has 1 rings (SSSR count). The van der Waals surface area contributed by atoms with Gasteiger partial charge in [0.05, 0.1) is 11.5 Å². The summed E-state index contributed by atoms with van der Waals surface area (Å²) in [5.41, 5.74) is 5.37. The number of aryl methyl sites for hydroxylation is 1. The third kappa shape index (κ3) is 3.72. The summed E-state index contributed by atoms with van der Waals surface area (Å²) in [7, 11) is -3.60. The van der Waals surface area contributed by atoms with Gasteiger partial charge in [-0.1, -0.05) is 24.3 Å². The van der Waals surface area contributed by atoms with Gasteiger partial charge in [0.1, 0.15) is 5.25 Å². The molecule has 3 N–H and O–H groups in total. The average Bonchev–Trinajstić information content (AvgIpc) is 2.61. The molecule has 9 heteroatoms. The SMILES string of the molecule is CCC(C(N)=S)S(=O)(=O)NCc1nc(C)no1. The van der Waals surface area contributed by atoms with Gasteiger partial charge in [-0.05, 0) is 13.3 Å². The maximum absolute atomic E-state index is 11.8. The molecule has 0 aliphatic heterocycles. The van der Waals surface area contributed by atoms with Gasteiger partial charge in [0, 0.05) is 0 Å². The van der Waals surface area contributed by atoms with Gasteiger partial charge in [0.15, 0.2) is 5.82 Å². The fourth-order valence-electron chi connectivity index (χ4n) is 1.25. The van der Waals surface area contributed by atoms with E-state index in [0.717, 1.165) is 0 Å². The first-order valence-corrected chi connectivity index (χ1v) is 6.89. The first-order chi connectivity index (χ1) is 7.86. The van der Waals surface area contributed by atoms with Gasteiger partial charge in [-0.25, -0.2) is 13.1 Å². The molecule has 0 radical (unpaired) electrons. The minimum atomic E-state index is -3.60. The zero-order chi connectivity index (χ0) is 13.1. The molecule has 96 valence electrons. The molecule has 0 saturated heterocycles. The predicted octanol–water partition coefficient (Wildman–Crippen LogP) is -0.138. The fourth-order valence-corrected chi connectivity index (χ4v) is 3.07. The largest absolute Gasteiger partial charge is 0.392 e. The first kappa shape index (κ1) is 14.0. The summed E-state index contributed by atoms with van der Waals surface area (Å²) in [5.74, 6) is 0.643. The number of rotatable bonds is 6. The van der Waals surface area contributed by atoms with Crippen LogP contribution < -0.4 is 10.5 Å². The number of sulfonamides is 1. The van der Waals surface area contributed by atoms with Crippen molar-refractivity contribution in [3.05, 3.63) is 11.7 Å². The summed E-state index contributed by atoms with van der Waals surface area (Å²) in [6.45, 7) is 3.27. The fraction of sp³-hybridized carbons (Fsp3) is 0.625. The Balaban J connectivity index is 2.70. The topological polar surface area (TPSA) is 111 Å². The summed E-state index contributed by atoms with van der Waals surface area (Å²) in [4.78, 5) is 3.82. The van der Waals surface area contributed by atoms with Crippen molar-refractivity contribution in [3.63, 3.8) is 0 Å². The van der Waals surface area contributed by atoms with Crippen LogP contribution in [0.1, 0.15) is 25.1 Å². The maximum Gasteiger partial charge on any atom is 0.241 e. The van der Waals surface area contributed by atoms with Crippen LogP contribution in [0.15, 0.2) is 4.52 Å². The van der Waals surface area contributed by atoms with E-state index in [-0.39, 0.29) is 17.4 Å². The molecular weight excluding hydrogens is 264 g/mol. The molecule has 0 amide bonds. The highest BCUT2D eigenvalue weighted by atomic mass is 32.2. The number of hydrogen-bond acceptors (Lipinski definition) is 6. The number of thiocarbonyl (C=S) groups is 1. The van der Waals surface area contributed by atoms with Gasteiger partial charge >= 0.3 is 0 Å². The summed E-state index contributed by atoms with van der Waals surface area (Å²) < 4.78 is 30.7. The Kier molecular flexibility index (Phi) is 4.54. The van der Waals surface area contributed by atoms with Crippen LogP contribution >= 0.6 is 12.2 Å². The van der Waals surface area contributed by atoms with Gasteiger partial charge in [-0.15, -0.1) is 0 Å². The van der Waals surface area contributed by atoms with Crippen LogP contribution in [-0.4, -0.2) is 28.8 Å². The Morgan fingerprint density at radius 3 is 2.71 bits per heavy atom. The zero-order valence-corrected chi connectivity index (χ0v) is 11.1. The molecule has 0 aromatic carbocycles. The van der Waals surface area contributed by atoms with E-state index in [2.05, 4.69) is 14.9 Å². The number of nitrogens with one attached hydrogen (secondary N) is 1. The molecule has 1 heterocycles. The molecule has 1 aromatic rings. The lowest BCUT2D eigenvalue weighted by Gasteiger charge is -2.13. The zero-order valence-electron chi connectivity index (χ0n) is 9.50. The maximum atomic E-state index is 11.8. The lowest BCUT2D eigenvalue weighted by atomic mass is 10.3. The Morgan fingerprint density at radius 2 is 2.29 bits per heavy atom. The van der Waals surface area contributed by atoms with E-state index in [1.54, 1.807) is 13.8 Å². The molecule has 1 atom stereocenters. The lowest BCUT2D eigenvalue weighted by Crippen LogP contribution is -2.41. The van der Waals surface area contributed by atoms with Crippen LogP contribution in [0, 0.1) is 6.92 Å². The van der Waals surface area contributed by atoms with Crippen LogP contribution in [0.4, 0.5) is 0 Å². The summed E-state index contributed by atoms with van der Waals surface area (Å²) in [6, 6.07) is 0. The molecular formula is C8H14N4O3S2. The quantitative estimate of drug-likeness (QED) is 0.697. The smallest absolute Gasteiger partial charge is 0.241 e. The third-order valence-corrected chi connectivity index (χ3v) is 4.37. The van der Waals surface area contributed by atoms with Crippen molar-refractivity contribution in [2.75, 3.05) is 0 Å². The van der Waals surface area contributed by atoms with Crippen molar-refractivity contribution < 1.29 is 12.9 Å². The van der Waals surface area contributed by atoms with Crippen molar-refractivity contribution in [3.8, 4) is 0 Å². The van der Waals surface area contributed by atoms with E-state index in [4.69, 9.17) is 22.5 Å². The van der Waals surface area contributed by atoms with Crippen LogP contribution in [0.3, 0.4) is 0 Å². The van der Waals surface area contributed by atoms with Crippen molar-refractivity contribution >= 4 is 27.2 Å². The van der Waals surface area contributed by atoms with E-state index in [9.17, 15) is 8.42 Å². The highest BCUT2D eigenvalue weighted by Gasteiger charge is 2.26. The second-order valence-corrected chi connectivity index (χ2v) is 5.82. The second-order valence-electron chi connectivity index (χ2n) is 3.40. The summed E-state index contributed by atoms with van der Waals surface area (Å²) >= 11 is 4.71. The van der Waals surface area contributed by atoms with E-state index < -0.39 is 15.3 Å². The minimum Gasteiger partial charge on any atom is -0.392 e. The minimum absolute atomic E-state index is 0.0540. The number of aromatic nitrogens is 2. The van der Waals surface area contributed by atoms with Crippen LogP contribution in [-0.2, 0) is 16.6 Å². The summed E-state index contributed by atoms with van der Waals surface area (Å²) in [5, 5.41) is 2.66. The molecule has 0 aliphatic rings. The molecule has 0 bridgehead atoms. The molecule has 7 nitrogen and oxygen atoms in total. The lowest BCUT2D eigenvalue weighted by molar-refractivity contribution is 0.372. The van der Waals surface area contributed by atoms with Crippen LogP contribution in [0.2, 0.25) is 0 Å². The normalized spacial score (nSPS) is 13.5. The highest BCUT2D eigenvalue weighted by Crippen LogP contribution is 2.06. The predicted molar refractivity (Wildman–Crippen MR) is 65.7 cm³/mol. The Bertz CT molecular complexity index is 497. The second kappa shape index (κ2) is 5.52. The van der Waals surface area contributed by atoms with Gasteiger partial charge < -0.3 is 10.3 Å². The number of nitrogens with zero attached hydrogens (tertiary/aromatic N) is 2. The molecule has 0 spiro atoms. The van der Waals surface area contributed by atoms with E-state index in [1.165, 1.54) is 0 Å². The number of nitrogens with two attached hydrogens (primary N) is 1. The first-order valence-electron chi connectivity index (χ1n) is 4.93. The van der Waals surface area contributed by atoms with Crippen molar-refractivity contribution in [2.45, 2.75) is 32.1 Å². The Hall–Kier alpha value is -1.06. The highest BCUT2D eigenvalue weighted by molar-refractivity contribution is 7.93. The average molecular weight is 278 g/mol. The van der Waals surface area contributed by atoms with Crippen LogP contribution in [0.25, 0.3) is 0 Å². The van der Waals surface area contributed by atoms with E-state index in [0.29, 0.717) is 12.2 Å². The Labute approximate surface area is 105 Å². The summed E-state index contributed by atoms with van der Waals surface area (Å²) in [6.07, 6.45) is 0.313.